The van der Waals surface area contributed by atoms with Gasteiger partial charge in [-0.1, -0.05) is 13.5 Å². The molecule has 0 aliphatic carbocycles. The molecule has 1 amide bonds. The molecule has 0 fully saturated rings. The fourth-order valence-corrected chi connectivity index (χ4v) is 3.35. The van der Waals surface area contributed by atoms with Crippen molar-refractivity contribution in [2.45, 2.75) is 32.7 Å². The summed E-state index contributed by atoms with van der Waals surface area (Å²) in [6.45, 7) is 8.16. The smallest absolute Gasteiger partial charge is 0.251 e. The Kier molecular flexibility index (Phi) is 8.55. The molecule has 0 atom stereocenters. The van der Waals surface area contributed by atoms with Crippen molar-refractivity contribution in [3.63, 3.8) is 0 Å². The molecule has 2 heterocycles. The molecule has 0 saturated heterocycles. The van der Waals surface area contributed by atoms with E-state index in [0.717, 1.165) is 42.9 Å². The number of aromatic nitrogens is 4. The van der Waals surface area contributed by atoms with Crippen molar-refractivity contribution < 1.29 is 4.79 Å². The molecule has 3 rings (SSSR count). The zero-order valence-corrected chi connectivity index (χ0v) is 20.1. The van der Waals surface area contributed by atoms with Gasteiger partial charge in [0.25, 0.3) is 5.91 Å². The van der Waals surface area contributed by atoms with Gasteiger partial charge in [-0.2, -0.15) is 9.97 Å². The van der Waals surface area contributed by atoms with Crippen molar-refractivity contribution in [1.82, 2.24) is 30.6 Å². The summed E-state index contributed by atoms with van der Waals surface area (Å²) in [5.41, 5.74) is 10.3. The van der Waals surface area contributed by atoms with Crippen LogP contribution in [-0.4, -0.2) is 53.0 Å². The maximum Gasteiger partial charge on any atom is 0.251 e. The van der Waals surface area contributed by atoms with E-state index >= 15 is 0 Å². The zero-order chi connectivity index (χ0) is 24.5. The van der Waals surface area contributed by atoms with Gasteiger partial charge in [0.05, 0.1) is 18.4 Å². The second kappa shape index (κ2) is 11.8. The van der Waals surface area contributed by atoms with Gasteiger partial charge in [-0.15, -0.1) is 0 Å². The van der Waals surface area contributed by atoms with Crippen LogP contribution in [0.4, 0.5) is 17.5 Å². The number of nitrogens with zero attached hydrogens (tertiary/aromatic N) is 5. The SMILES string of the molecule is C=C(CCCNC(=O)c1ccc(N(C)Cc2cnc3nc(NC)nc(N)c3n2)cc1)NCCC. The van der Waals surface area contributed by atoms with Crippen LogP contribution in [0.3, 0.4) is 0 Å². The second-order valence-electron chi connectivity index (χ2n) is 8.01. The van der Waals surface area contributed by atoms with Crippen LogP contribution >= 0.6 is 0 Å². The average Bonchev–Trinajstić information content (AvgIpc) is 2.85. The Bertz CT molecular complexity index is 1130. The van der Waals surface area contributed by atoms with Crippen molar-refractivity contribution in [1.29, 1.82) is 0 Å². The van der Waals surface area contributed by atoms with Gasteiger partial charge in [0.15, 0.2) is 17.0 Å². The van der Waals surface area contributed by atoms with Crippen LogP contribution in [0.15, 0.2) is 42.7 Å². The summed E-state index contributed by atoms with van der Waals surface area (Å²) in [7, 11) is 3.67. The number of fused-ring (bicyclic) bond motifs is 1. The summed E-state index contributed by atoms with van der Waals surface area (Å²) < 4.78 is 0. The lowest BCUT2D eigenvalue weighted by molar-refractivity contribution is 0.0953. The van der Waals surface area contributed by atoms with Crippen LogP contribution in [0, 0.1) is 0 Å². The monoisotopic (exact) mass is 463 g/mol. The van der Waals surface area contributed by atoms with E-state index in [1.54, 1.807) is 13.2 Å². The molecule has 180 valence electrons. The van der Waals surface area contributed by atoms with Crippen LogP contribution in [0.25, 0.3) is 11.2 Å². The van der Waals surface area contributed by atoms with Crippen LogP contribution in [-0.2, 0) is 6.54 Å². The highest BCUT2D eigenvalue weighted by molar-refractivity contribution is 5.94. The molecule has 10 heteroatoms. The third-order valence-corrected chi connectivity index (χ3v) is 5.24. The molecule has 0 unspecified atom stereocenters. The van der Waals surface area contributed by atoms with Crippen molar-refractivity contribution >= 4 is 34.5 Å². The number of anilines is 3. The molecule has 0 aliphatic rings. The maximum atomic E-state index is 12.4. The standard InChI is InChI=1S/C24H33N9O/c1-5-12-27-16(2)7-6-13-28-23(34)17-8-10-19(11-9-17)33(4)15-18-14-29-22-20(30-18)21(25)31-24(26-3)32-22/h8-11,14,27H,2,5-7,12-13,15H2,1,3-4H3,(H,28,34)(H3,25,26,29,31,32). The number of nitrogen functional groups attached to an aromatic ring is 1. The summed E-state index contributed by atoms with van der Waals surface area (Å²) >= 11 is 0. The lowest BCUT2D eigenvalue weighted by atomic mass is 10.1. The van der Waals surface area contributed by atoms with Gasteiger partial charge in [-0.3, -0.25) is 4.79 Å². The van der Waals surface area contributed by atoms with E-state index < -0.39 is 0 Å². The first-order valence-corrected chi connectivity index (χ1v) is 11.4. The van der Waals surface area contributed by atoms with Gasteiger partial charge in [-0.05, 0) is 43.5 Å². The molecule has 0 saturated carbocycles. The third-order valence-electron chi connectivity index (χ3n) is 5.24. The fourth-order valence-electron chi connectivity index (χ4n) is 3.35. The summed E-state index contributed by atoms with van der Waals surface area (Å²) in [5, 5.41) is 9.08. The lowest BCUT2D eigenvalue weighted by Crippen LogP contribution is -2.25. The van der Waals surface area contributed by atoms with Crippen LogP contribution < -0.4 is 26.6 Å². The first kappa shape index (κ1) is 24.7. The summed E-state index contributed by atoms with van der Waals surface area (Å²) in [6.07, 6.45) is 4.44. The molecule has 3 aromatic rings. The Hall–Kier alpha value is -3.95. The Labute approximate surface area is 200 Å². The summed E-state index contributed by atoms with van der Waals surface area (Å²) in [6, 6.07) is 7.47. The number of rotatable bonds is 12. The Morgan fingerprint density at radius 3 is 2.59 bits per heavy atom. The lowest BCUT2D eigenvalue weighted by Gasteiger charge is -2.19. The average molecular weight is 464 g/mol. The van der Waals surface area contributed by atoms with E-state index in [0.29, 0.717) is 35.8 Å². The summed E-state index contributed by atoms with van der Waals surface area (Å²) in [4.78, 5) is 31.8. The molecule has 5 N–H and O–H groups in total. The molecule has 0 spiro atoms. The molecule has 34 heavy (non-hydrogen) atoms. The van der Waals surface area contributed by atoms with Crippen molar-refractivity contribution in [2.24, 2.45) is 0 Å². The van der Waals surface area contributed by atoms with Gasteiger partial charge in [0.2, 0.25) is 5.95 Å². The second-order valence-corrected chi connectivity index (χ2v) is 8.01. The minimum atomic E-state index is -0.0851. The molecule has 0 radical (unpaired) electrons. The third kappa shape index (κ3) is 6.53. The van der Waals surface area contributed by atoms with Crippen LogP contribution in [0.2, 0.25) is 0 Å². The largest absolute Gasteiger partial charge is 0.389 e. The molecule has 1 aromatic carbocycles. The minimum absolute atomic E-state index is 0.0851. The van der Waals surface area contributed by atoms with Crippen molar-refractivity contribution in [3.8, 4) is 0 Å². The number of carbonyl (C=O) groups is 1. The zero-order valence-electron chi connectivity index (χ0n) is 20.1. The minimum Gasteiger partial charge on any atom is -0.389 e. The van der Waals surface area contributed by atoms with Crippen LogP contribution in [0.5, 0.6) is 0 Å². The van der Waals surface area contributed by atoms with E-state index in [1.165, 1.54) is 0 Å². The number of nitrogens with one attached hydrogen (secondary N) is 3. The molecular weight excluding hydrogens is 430 g/mol. The van der Waals surface area contributed by atoms with E-state index in [2.05, 4.69) is 49.4 Å². The highest BCUT2D eigenvalue weighted by Crippen LogP contribution is 2.19. The fraction of sp³-hybridized carbons (Fsp3) is 0.375. The number of carbonyl (C=O) groups excluding carboxylic acids is 1. The van der Waals surface area contributed by atoms with Gasteiger partial charge in [0.1, 0.15) is 0 Å². The Morgan fingerprint density at radius 1 is 1.12 bits per heavy atom. The highest BCUT2D eigenvalue weighted by atomic mass is 16.1. The van der Waals surface area contributed by atoms with Crippen molar-refractivity contribution in [3.05, 3.63) is 54.0 Å². The summed E-state index contributed by atoms with van der Waals surface area (Å²) in [5.74, 6) is 0.601. The number of allylic oxidation sites excluding steroid dienone is 1. The van der Waals surface area contributed by atoms with E-state index in [1.807, 2.05) is 36.2 Å². The number of hydrogen-bond acceptors (Lipinski definition) is 9. The van der Waals surface area contributed by atoms with E-state index in [9.17, 15) is 4.79 Å². The van der Waals surface area contributed by atoms with E-state index in [4.69, 9.17) is 5.73 Å². The molecule has 10 nitrogen and oxygen atoms in total. The quantitative estimate of drug-likeness (QED) is 0.299. The van der Waals surface area contributed by atoms with Crippen molar-refractivity contribution in [2.75, 3.05) is 43.1 Å². The molecule has 2 aromatic heterocycles. The van der Waals surface area contributed by atoms with E-state index in [-0.39, 0.29) is 11.7 Å². The number of hydrogen-bond donors (Lipinski definition) is 4. The predicted molar refractivity (Wildman–Crippen MR) is 137 cm³/mol. The number of amides is 1. The Balaban J connectivity index is 1.54. The topological polar surface area (TPSA) is 134 Å². The van der Waals surface area contributed by atoms with Gasteiger partial charge < -0.3 is 26.6 Å². The van der Waals surface area contributed by atoms with Gasteiger partial charge in [-0.25, -0.2) is 9.97 Å². The first-order chi connectivity index (χ1) is 16.4. The Morgan fingerprint density at radius 2 is 1.88 bits per heavy atom. The van der Waals surface area contributed by atoms with Gasteiger partial charge >= 0.3 is 0 Å². The highest BCUT2D eigenvalue weighted by Gasteiger charge is 2.11. The van der Waals surface area contributed by atoms with Gasteiger partial charge in [0, 0.05) is 44.1 Å². The number of benzene rings is 1. The number of nitrogens with two attached hydrogens (primary N) is 1. The normalized spacial score (nSPS) is 10.7. The molecule has 0 aliphatic heterocycles. The predicted octanol–water partition coefficient (Wildman–Crippen LogP) is 2.70. The first-order valence-electron chi connectivity index (χ1n) is 11.4. The molecule has 0 bridgehead atoms. The maximum absolute atomic E-state index is 12.4. The molecular formula is C24H33N9O. The van der Waals surface area contributed by atoms with Crippen LogP contribution in [0.1, 0.15) is 42.2 Å².